The van der Waals surface area contributed by atoms with E-state index in [1.165, 1.54) is 88.5 Å². The van der Waals surface area contributed by atoms with Gasteiger partial charge >= 0.3 is 5.69 Å². The summed E-state index contributed by atoms with van der Waals surface area (Å²) in [5, 5.41) is 22.8. The van der Waals surface area contributed by atoms with Gasteiger partial charge in [-0.25, -0.2) is 0 Å². The molecule has 1 aromatic rings. The SMILES string of the molecule is C1CCC(NC2CCCCC2)CC1.O=[N+]([O-])c1ccccc1O. The molecule has 2 aliphatic rings. The number of phenols is 1. The largest absolute Gasteiger partial charge is 0.502 e. The van der Waals surface area contributed by atoms with Crippen LogP contribution < -0.4 is 5.32 Å². The number of para-hydroxylation sites is 2. The molecular formula is C18H28N2O3. The molecular weight excluding hydrogens is 292 g/mol. The topological polar surface area (TPSA) is 75.4 Å². The van der Waals surface area contributed by atoms with E-state index in [1.807, 2.05) is 0 Å². The van der Waals surface area contributed by atoms with E-state index in [9.17, 15) is 10.1 Å². The third-order valence-corrected chi connectivity index (χ3v) is 4.76. The van der Waals surface area contributed by atoms with Crippen LogP contribution in [0, 0.1) is 10.1 Å². The molecule has 5 nitrogen and oxygen atoms in total. The number of benzene rings is 1. The van der Waals surface area contributed by atoms with Crippen LogP contribution in [0.15, 0.2) is 24.3 Å². The van der Waals surface area contributed by atoms with Crippen molar-refractivity contribution in [1.29, 1.82) is 0 Å². The highest BCUT2D eigenvalue weighted by molar-refractivity contribution is 5.44. The fourth-order valence-corrected chi connectivity index (χ4v) is 3.49. The fourth-order valence-electron chi connectivity index (χ4n) is 3.49. The number of rotatable bonds is 3. The Bertz CT molecular complexity index is 465. The second-order valence-electron chi connectivity index (χ2n) is 6.58. The summed E-state index contributed by atoms with van der Waals surface area (Å²) in [5.74, 6) is -0.299. The van der Waals surface area contributed by atoms with E-state index in [-0.39, 0.29) is 11.4 Å². The number of hydrogen-bond acceptors (Lipinski definition) is 4. The van der Waals surface area contributed by atoms with Gasteiger partial charge < -0.3 is 10.4 Å². The molecule has 3 rings (SSSR count). The van der Waals surface area contributed by atoms with Gasteiger partial charge in [-0.15, -0.1) is 0 Å². The van der Waals surface area contributed by atoms with Gasteiger partial charge in [0.2, 0.25) is 0 Å². The van der Waals surface area contributed by atoms with Crippen molar-refractivity contribution in [2.45, 2.75) is 76.3 Å². The van der Waals surface area contributed by atoms with Crippen LogP contribution >= 0.6 is 0 Å². The molecule has 0 heterocycles. The third-order valence-electron chi connectivity index (χ3n) is 4.76. The van der Waals surface area contributed by atoms with E-state index < -0.39 is 4.92 Å². The van der Waals surface area contributed by atoms with Crippen molar-refractivity contribution in [3.8, 4) is 5.75 Å². The predicted molar refractivity (Wildman–Crippen MR) is 91.6 cm³/mol. The minimum Gasteiger partial charge on any atom is -0.502 e. The average Bonchev–Trinajstić information content (AvgIpc) is 2.57. The Morgan fingerprint density at radius 1 is 0.913 bits per heavy atom. The van der Waals surface area contributed by atoms with Gasteiger partial charge in [-0.2, -0.15) is 0 Å². The Morgan fingerprint density at radius 2 is 1.39 bits per heavy atom. The van der Waals surface area contributed by atoms with Crippen molar-refractivity contribution in [3.63, 3.8) is 0 Å². The second-order valence-corrected chi connectivity index (χ2v) is 6.58. The monoisotopic (exact) mass is 320 g/mol. The molecule has 0 aliphatic heterocycles. The van der Waals surface area contributed by atoms with Gasteiger partial charge in [-0.3, -0.25) is 10.1 Å². The van der Waals surface area contributed by atoms with Crippen molar-refractivity contribution in [3.05, 3.63) is 34.4 Å². The Hall–Kier alpha value is -1.62. The number of hydrogen-bond donors (Lipinski definition) is 2. The summed E-state index contributed by atoms with van der Waals surface area (Å²) < 4.78 is 0. The number of nitro benzene ring substituents is 1. The molecule has 0 radical (unpaired) electrons. The highest BCUT2D eigenvalue weighted by Gasteiger charge is 2.19. The van der Waals surface area contributed by atoms with Crippen LogP contribution in [0.4, 0.5) is 5.69 Å². The zero-order chi connectivity index (χ0) is 16.5. The Balaban J connectivity index is 0.000000174. The summed E-state index contributed by atoms with van der Waals surface area (Å²) in [6.07, 6.45) is 14.6. The smallest absolute Gasteiger partial charge is 0.310 e. The summed E-state index contributed by atoms with van der Waals surface area (Å²) in [7, 11) is 0. The predicted octanol–water partition coefficient (Wildman–Crippen LogP) is 4.54. The van der Waals surface area contributed by atoms with Crippen molar-refractivity contribution in [2.75, 3.05) is 0 Å². The van der Waals surface area contributed by atoms with E-state index in [0.29, 0.717) is 0 Å². The Kier molecular flexibility index (Phi) is 7.33. The molecule has 2 saturated carbocycles. The van der Waals surface area contributed by atoms with Crippen molar-refractivity contribution in [1.82, 2.24) is 5.32 Å². The Morgan fingerprint density at radius 3 is 1.78 bits per heavy atom. The molecule has 2 aliphatic carbocycles. The minimum absolute atomic E-state index is 0.262. The molecule has 0 amide bonds. The van der Waals surface area contributed by atoms with Gasteiger partial charge in [0.05, 0.1) is 4.92 Å². The number of nitrogens with zero attached hydrogens (tertiary/aromatic N) is 1. The first-order valence-corrected chi connectivity index (χ1v) is 8.85. The van der Waals surface area contributed by atoms with Gasteiger partial charge in [0, 0.05) is 18.2 Å². The molecule has 5 heteroatoms. The maximum atomic E-state index is 10.1. The van der Waals surface area contributed by atoms with Crippen LogP contribution in [0.3, 0.4) is 0 Å². The van der Waals surface area contributed by atoms with E-state index >= 15 is 0 Å². The first-order valence-electron chi connectivity index (χ1n) is 8.85. The van der Waals surface area contributed by atoms with Crippen molar-refractivity contribution in [2.24, 2.45) is 0 Å². The molecule has 1 aromatic carbocycles. The fraction of sp³-hybridized carbons (Fsp3) is 0.667. The van der Waals surface area contributed by atoms with Crippen LogP contribution in [0.2, 0.25) is 0 Å². The lowest BCUT2D eigenvalue weighted by Crippen LogP contribution is -2.40. The quantitative estimate of drug-likeness (QED) is 0.633. The van der Waals surface area contributed by atoms with Crippen LogP contribution in [-0.4, -0.2) is 22.1 Å². The number of aromatic hydroxyl groups is 1. The normalized spacial score (nSPS) is 19.7. The standard InChI is InChI=1S/C12H23N.C6H5NO3/c1-3-7-11(8-4-1)13-12-9-5-2-6-10-12;8-6-4-2-1-3-5(6)7(9)10/h11-13H,1-10H2;1-4,8H. The van der Waals surface area contributed by atoms with E-state index in [2.05, 4.69) is 5.32 Å². The minimum atomic E-state index is -0.630. The number of nitro groups is 1. The summed E-state index contributed by atoms with van der Waals surface area (Å²) in [5.41, 5.74) is -0.262. The lowest BCUT2D eigenvalue weighted by atomic mass is 9.91. The summed E-state index contributed by atoms with van der Waals surface area (Å²) in [6, 6.07) is 7.29. The zero-order valence-electron chi connectivity index (χ0n) is 13.7. The molecule has 0 unspecified atom stereocenters. The molecule has 23 heavy (non-hydrogen) atoms. The van der Waals surface area contributed by atoms with E-state index in [0.717, 1.165) is 12.1 Å². The van der Waals surface area contributed by atoms with Crippen LogP contribution in [0.25, 0.3) is 0 Å². The number of phenolic OH excluding ortho intramolecular Hbond substituents is 1. The second kappa shape index (κ2) is 9.50. The highest BCUT2D eigenvalue weighted by Crippen LogP contribution is 2.23. The maximum absolute atomic E-state index is 10.1. The lowest BCUT2D eigenvalue weighted by molar-refractivity contribution is -0.385. The van der Waals surface area contributed by atoms with E-state index in [4.69, 9.17) is 5.11 Å². The third kappa shape index (κ3) is 6.18. The van der Waals surface area contributed by atoms with Gasteiger partial charge in [0.25, 0.3) is 0 Å². The van der Waals surface area contributed by atoms with Gasteiger partial charge in [-0.1, -0.05) is 50.7 Å². The summed E-state index contributed by atoms with van der Waals surface area (Å²) >= 11 is 0. The molecule has 128 valence electrons. The van der Waals surface area contributed by atoms with Crippen LogP contribution in [0.5, 0.6) is 5.75 Å². The molecule has 0 aromatic heterocycles. The lowest BCUT2D eigenvalue weighted by Gasteiger charge is -2.30. The Labute approximate surface area is 138 Å². The summed E-state index contributed by atoms with van der Waals surface area (Å²) in [4.78, 5) is 9.44. The van der Waals surface area contributed by atoms with Gasteiger partial charge in [-0.05, 0) is 31.7 Å². The first-order chi connectivity index (χ1) is 11.2. The number of nitrogens with one attached hydrogen (secondary N) is 1. The summed E-state index contributed by atoms with van der Waals surface area (Å²) in [6.45, 7) is 0. The highest BCUT2D eigenvalue weighted by atomic mass is 16.6. The molecule has 0 spiro atoms. The maximum Gasteiger partial charge on any atom is 0.310 e. The molecule has 0 bridgehead atoms. The van der Waals surface area contributed by atoms with Gasteiger partial charge in [0.15, 0.2) is 5.75 Å². The van der Waals surface area contributed by atoms with E-state index in [1.54, 1.807) is 0 Å². The first kappa shape index (κ1) is 17.7. The van der Waals surface area contributed by atoms with Crippen molar-refractivity contribution < 1.29 is 10.0 Å². The van der Waals surface area contributed by atoms with Gasteiger partial charge in [0.1, 0.15) is 0 Å². The molecule has 0 saturated heterocycles. The van der Waals surface area contributed by atoms with Crippen LogP contribution in [0.1, 0.15) is 64.2 Å². The molecule has 0 atom stereocenters. The molecule has 2 N–H and O–H groups in total. The van der Waals surface area contributed by atoms with Crippen molar-refractivity contribution >= 4 is 5.69 Å². The van der Waals surface area contributed by atoms with Crippen LogP contribution in [-0.2, 0) is 0 Å². The zero-order valence-corrected chi connectivity index (χ0v) is 13.7. The average molecular weight is 320 g/mol. The molecule has 2 fully saturated rings.